The fourth-order valence-electron chi connectivity index (χ4n) is 1.79. The summed E-state index contributed by atoms with van der Waals surface area (Å²) in [5.41, 5.74) is 7.06. The van der Waals surface area contributed by atoms with Gasteiger partial charge < -0.3 is 5.73 Å². The third kappa shape index (κ3) is 2.65. The van der Waals surface area contributed by atoms with Crippen LogP contribution in [0.1, 0.15) is 23.8 Å². The van der Waals surface area contributed by atoms with E-state index in [-0.39, 0.29) is 11.7 Å². The summed E-state index contributed by atoms with van der Waals surface area (Å²) in [6.07, 6.45) is 2.10. The highest BCUT2D eigenvalue weighted by molar-refractivity contribution is 5.95. The van der Waals surface area contributed by atoms with Crippen LogP contribution < -0.4 is 5.73 Å². The van der Waals surface area contributed by atoms with Crippen LogP contribution in [0.5, 0.6) is 0 Å². The van der Waals surface area contributed by atoms with E-state index in [4.69, 9.17) is 5.73 Å². The van der Waals surface area contributed by atoms with Crippen LogP contribution >= 0.6 is 0 Å². The fraction of sp³-hybridized carbons (Fsp3) is 0.286. The predicted octanol–water partition coefficient (Wildman–Crippen LogP) is 2.04. The Balaban J connectivity index is 2.26. The lowest BCUT2D eigenvalue weighted by Crippen LogP contribution is -2.17. The maximum atomic E-state index is 12.2. The molecule has 0 amide bonds. The van der Waals surface area contributed by atoms with Gasteiger partial charge in [0, 0.05) is 6.42 Å². The Morgan fingerprint density at radius 3 is 2.72 bits per heavy atom. The lowest BCUT2D eigenvalue weighted by molar-refractivity contribution is 0.0958. The quantitative estimate of drug-likeness (QED) is 0.817. The number of para-hydroxylation sites is 1. The van der Waals surface area contributed by atoms with E-state index in [2.05, 4.69) is 5.10 Å². The molecule has 0 fully saturated rings. The smallest absolute Gasteiger partial charge is 0.181 e. The molecule has 0 aliphatic heterocycles. The van der Waals surface area contributed by atoms with E-state index in [1.807, 2.05) is 37.3 Å². The number of ketones is 1. The van der Waals surface area contributed by atoms with Gasteiger partial charge in [0.15, 0.2) is 5.78 Å². The number of Topliss-reactive ketones (excluding diaryl/α,β-unsaturated/α-hetero) is 1. The first-order valence-corrected chi connectivity index (χ1v) is 6.05. The molecule has 4 heteroatoms. The van der Waals surface area contributed by atoms with E-state index in [0.717, 1.165) is 5.69 Å². The van der Waals surface area contributed by atoms with Gasteiger partial charge in [0.05, 0.1) is 11.9 Å². The van der Waals surface area contributed by atoms with Gasteiger partial charge in [0.25, 0.3) is 0 Å². The predicted molar refractivity (Wildman–Crippen MR) is 70.7 cm³/mol. The summed E-state index contributed by atoms with van der Waals surface area (Å²) in [7, 11) is 0. The molecule has 18 heavy (non-hydrogen) atoms. The summed E-state index contributed by atoms with van der Waals surface area (Å²) in [4.78, 5) is 12.2. The van der Waals surface area contributed by atoms with E-state index in [9.17, 15) is 4.79 Å². The van der Waals surface area contributed by atoms with Crippen LogP contribution in [-0.4, -0.2) is 22.1 Å². The molecule has 2 aromatic rings. The highest BCUT2D eigenvalue weighted by Gasteiger charge is 2.15. The van der Waals surface area contributed by atoms with Crippen molar-refractivity contribution in [1.82, 2.24) is 9.78 Å². The van der Waals surface area contributed by atoms with Crippen molar-refractivity contribution < 1.29 is 4.79 Å². The van der Waals surface area contributed by atoms with Gasteiger partial charge in [-0.3, -0.25) is 4.79 Å². The van der Waals surface area contributed by atoms with Crippen molar-refractivity contribution in [3.8, 4) is 5.69 Å². The number of nitrogens with zero attached hydrogens (tertiary/aromatic N) is 2. The van der Waals surface area contributed by atoms with Gasteiger partial charge in [-0.1, -0.05) is 25.1 Å². The Morgan fingerprint density at radius 1 is 1.33 bits per heavy atom. The van der Waals surface area contributed by atoms with E-state index in [1.54, 1.807) is 16.9 Å². The third-order valence-corrected chi connectivity index (χ3v) is 2.87. The van der Waals surface area contributed by atoms with Gasteiger partial charge >= 0.3 is 0 Å². The minimum absolute atomic E-state index is 0.0781. The highest BCUT2D eigenvalue weighted by Crippen LogP contribution is 2.13. The van der Waals surface area contributed by atoms with Crippen LogP contribution in [0, 0.1) is 5.92 Å². The van der Waals surface area contributed by atoms with Gasteiger partial charge in [-0.15, -0.1) is 0 Å². The number of nitrogens with two attached hydrogens (primary N) is 1. The molecule has 0 radical (unpaired) electrons. The molecule has 1 heterocycles. The van der Waals surface area contributed by atoms with Gasteiger partial charge in [0.2, 0.25) is 0 Å². The van der Waals surface area contributed by atoms with Crippen LogP contribution in [-0.2, 0) is 0 Å². The van der Waals surface area contributed by atoms with Crippen LogP contribution in [0.4, 0.5) is 0 Å². The normalized spacial score (nSPS) is 12.3. The number of hydrogen-bond donors (Lipinski definition) is 1. The Bertz CT molecular complexity index is 519. The summed E-state index contributed by atoms with van der Waals surface area (Å²) >= 11 is 0. The molecule has 0 saturated carbocycles. The highest BCUT2D eigenvalue weighted by atomic mass is 16.1. The molecule has 2 N–H and O–H groups in total. The molecule has 0 aliphatic carbocycles. The molecule has 4 nitrogen and oxygen atoms in total. The molecule has 2 rings (SSSR count). The summed E-state index contributed by atoms with van der Waals surface area (Å²) in [5, 5.41) is 4.21. The van der Waals surface area contributed by atoms with Gasteiger partial charge in [-0.25, -0.2) is 4.68 Å². The molecule has 1 atom stereocenters. The first-order valence-electron chi connectivity index (χ1n) is 6.05. The topological polar surface area (TPSA) is 60.9 Å². The summed E-state index contributed by atoms with van der Waals surface area (Å²) in [5.74, 6) is 0.269. The van der Waals surface area contributed by atoms with E-state index < -0.39 is 0 Å². The van der Waals surface area contributed by atoms with Crippen molar-refractivity contribution >= 4 is 5.78 Å². The SMILES string of the molecule is CC(CN)CC(=O)c1ccnn1-c1ccccc1. The second-order valence-electron chi connectivity index (χ2n) is 4.43. The Hall–Kier alpha value is -1.94. The number of rotatable bonds is 5. The van der Waals surface area contributed by atoms with E-state index in [1.165, 1.54) is 0 Å². The zero-order chi connectivity index (χ0) is 13.0. The standard InChI is InChI=1S/C14H17N3O/c1-11(10-15)9-14(18)13-7-8-16-17(13)12-5-3-2-4-6-12/h2-8,11H,9-10,15H2,1H3. The molecule has 1 unspecified atom stereocenters. The monoisotopic (exact) mass is 243 g/mol. The molecule has 0 aliphatic rings. The van der Waals surface area contributed by atoms with Crippen molar-refractivity contribution in [3.05, 3.63) is 48.3 Å². The fourth-order valence-corrected chi connectivity index (χ4v) is 1.79. The number of aromatic nitrogens is 2. The first kappa shape index (κ1) is 12.5. The Morgan fingerprint density at radius 2 is 2.06 bits per heavy atom. The number of carbonyl (C=O) groups excluding carboxylic acids is 1. The van der Waals surface area contributed by atoms with Crippen molar-refractivity contribution in [3.63, 3.8) is 0 Å². The number of carbonyl (C=O) groups is 1. The third-order valence-electron chi connectivity index (χ3n) is 2.87. The lowest BCUT2D eigenvalue weighted by atomic mass is 10.0. The van der Waals surface area contributed by atoms with Crippen LogP contribution in [0.3, 0.4) is 0 Å². The van der Waals surface area contributed by atoms with Crippen LogP contribution in [0.25, 0.3) is 5.69 Å². The molecular formula is C14H17N3O. The molecular weight excluding hydrogens is 226 g/mol. The van der Waals surface area contributed by atoms with Gasteiger partial charge in [-0.05, 0) is 30.7 Å². The van der Waals surface area contributed by atoms with Crippen molar-refractivity contribution in [2.45, 2.75) is 13.3 Å². The second-order valence-corrected chi connectivity index (χ2v) is 4.43. The van der Waals surface area contributed by atoms with E-state index in [0.29, 0.717) is 18.7 Å². The van der Waals surface area contributed by atoms with E-state index >= 15 is 0 Å². The maximum Gasteiger partial charge on any atom is 0.181 e. The first-order chi connectivity index (χ1) is 8.72. The minimum Gasteiger partial charge on any atom is -0.330 e. The van der Waals surface area contributed by atoms with Crippen LogP contribution in [0.2, 0.25) is 0 Å². The summed E-state index contributed by atoms with van der Waals surface area (Å²) in [6, 6.07) is 11.4. The minimum atomic E-state index is 0.0781. The van der Waals surface area contributed by atoms with Crippen LogP contribution in [0.15, 0.2) is 42.6 Å². The zero-order valence-electron chi connectivity index (χ0n) is 10.4. The largest absolute Gasteiger partial charge is 0.330 e. The molecule has 1 aromatic heterocycles. The Labute approximate surface area is 106 Å². The molecule has 0 saturated heterocycles. The van der Waals surface area contributed by atoms with Gasteiger partial charge in [-0.2, -0.15) is 5.10 Å². The molecule has 0 spiro atoms. The second kappa shape index (κ2) is 5.60. The average molecular weight is 243 g/mol. The Kier molecular flexibility index (Phi) is 3.89. The van der Waals surface area contributed by atoms with Crippen molar-refractivity contribution in [2.24, 2.45) is 11.7 Å². The lowest BCUT2D eigenvalue weighted by Gasteiger charge is -2.09. The van der Waals surface area contributed by atoms with Crippen molar-refractivity contribution in [1.29, 1.82) is 0 Å². The molecule has 0 bridgehead atoms. The average Bonchev–Trinajstić information content (AvgIpc) is 2.88. The number of hydrogen-bond acceptors (Lipinski definition) is 3. The van der Waals surface area contributed by atoms with Crippen molar-refractivity contribution in [2.75, 3.05) is 6.54 Å². The number of benzene rings is 1. The summed E-state index contributed by atoms with van der Waals surface area (Å²) < 4.78 is 1.67. The zero-order valence-corrected chi connectivity index (χ0v) is 10.4. The van der Waals surface area contributed by atoms with Gasteiger partial charge in [0.1, 0.15) is 5.69 Å². The molecule has 1 aromatic carbocycles. The molecule has 94 valence electrons. The maximum absolute atomic E-state index is 12.2. The summed E-state index contributed by atoms with van der Waals surface area (Å²) in [6.45, 7) is 2.49.